The number of carbonyl (C=O) groups is 1. The zero-order valence-corrected chi connectivity index (χ0v) is 11.5. The number of ketones is 1. The van der Waals surface area contributed by atoms with E-state index < -0.39 is 0 Å². The summed E-state index contributed by atoms with van der Waals surface area (Å²) in [5.41, 5.74) is 2.25. The number of aromatic nitrogens is 1. The van der Waals surface area contributed by atoms with Crippen LogP contribution in [0.4, 0.5) is 0 Å². The monoisotopic (exact) mass is 272 g/mol. The third-order valence-electron chi connectivity index (χ3n) is 2.56. The van der Waals surface area contributed by atoms with Gasteiger partial charge in [-0.3, -0.25) is 4.79 Å². The Labute approximate surface area is 115 Å². The van der Waals surface area contributed by atoms with Gasteiger partial charge in [0.1, 0.15) is 11.1 Å². The quantitative estimate of drug-likeness (QED) is 0.632. The molecule has 0 saturated heterocycles. The number of nitrogens with zero attached hydrogens (tertiary/aromatic N) is 2. The molecule has 0 spiro atoms. The molecule has 4 nitrogen and oxygen atoms in total. The van der Waals surface area contributed by atoms with Crippen molar-refractivity contribution in [3.8, 4) is 6.07 Å². The molecule has 0 N–H and O–H groups in total. The van der Waals surface area contributed by atoms with E-state index in [2.05, 4.69) is 11.1 Å². The van der Waals surface area contributed by atoms with Crippen molar-refractivity contribution in [3.05, 3.63) is 47.0 Å². The molecule has 5 heteroatoms. The van der Waals surface area contributed by atoms with Gasteiger partial charge in [0.2, 0.25) is 5.78 Å². The molecule has 0 aromatic carbocycles. The van der Waals surface area contributed by atoms with Gasteiger partial charge in [0.15, 0.2) is 5.76 Å². The first-order valence-corrected chi connectivity index (χ1v) is 6.68. The van der Waals surface area contributed by atoms with Crippen molar-refractivity contribution in [2.45, 2.75) is 18.9 Å². The van der Waals surface area contributed by atoms with E-state index in [1.807, 2.05) is 19.9 Å². The summed E-state index contributed by atoms with van der Waals surface area (Å²) < 4.78 is 5.04. The van der Waals surface area contributed by atoms with E-state index >= 15 is 0 Å². The van der Waals surface area contributed by atoms with Gasteiger partial charge in [-0.15, -0.1) is 0 Å². The maximum atomic E-state index is 11.8. The van der Waals surface area contributed by atoms with Gasteiger partial charge in [-0.25, -0.2) is 4.98 Å². The average molecular weight is 272 g/mol. The lowest BCUT2D eigenvalue weighted by molar-refractivity contribution is 0.0992. The summed E-state index contributed by atoms with van der Waals surface area (Å²) in [5, 5.41) is 9.73. The van der Waals surface area contributed by atoms with Gasteiger partial charge in [-0.1, -0.05) is 11.8 Å². The van der Waals surface area contributed by atoms with Gasteiger partial charge >= 0.3 is 0 Å². The van der Waals surface area contributed by atoms with E-state index in [-0.39, 0.29) is 11.5 Å². The zero-order chi connectivity index (χ0) is 13.8. The average Bonchev–Trinajstić information content (AvgIpc) is 2.89. The molecule has 0 aliphatic heterocycles. The number of thioether (sulfide) groups is 1. The van der Waals surface area contributed by atoms with Crippen molar-refractivity contribution < 1.29 is 9.21 Å². The number of pyridine rings is 1. The minimum absolute atomic E-state index is 0.111. The van der Waals surface area contributed by atoms with Crippen molar-refractivity contribution in [1.82, 2.24) is 4.98 Å². The molecule has 0 atom stereocenters. The van der Waals surface area contributed by atoms with Gasteiger partial charge < -0.3 is 4.42 Å². The fraction of sp³-hybridized carbons (Fsp3) is 0.214. The van der Waals surface area contributed by atoms with Crippen LogP contribution in [0.3, 0.4) is 0 Å². The van der Waals surface area contributed by atoms with Gasteiger partial charge in [-0.2, -0.15) is 5.26 Å². The lowest BCUT2D eigenvalue weighted by Crippen LogP contribution is -2.02. The van der Waals surface area contributed by atoms with Crippen molar-refractivity contribution in [1.29, 1.82) is 5.26 Å². The van der Waals surface area contributed by atoms with Crippen LogP contribution in [0, 0.1) is 25.2 Å². The van der Waals surface area contributed by atoms with Crippen LogP contribution in [-0.4, -0.2) is 16.5 Å². The summed E-state index contributed by atoms with van der Waals surface area (Å²) in [4.78, 5) is 16.1. The lowest BCUT2D eigenvalue weighted by atomic mass is 10.1. The van der Waals surface area contributed by atoms with E-state index in [1.54, 1.807) is 12.1 Å². The van der Waals surface area contributed by atoms with E-state index in [4.69, 9.17) is 9.68 Å². The highest BCUT2D eigenvalue weighted by Gasteiger charge is 2.13. The number of aryl methyl sites for hydroxylation is 2. The lowest BCUT2D eigenvalue weighted by Gasteiger charge is -2.06. The van der Waals surface area contributed by atoms with Crippen molar-refractivity contribution in [3.63, 3.8) is 0 Å². The van der Waals surface area contributed by atoms with Gasteiger partial charge in [-0.05, 0) is 37.6 Å². The van der Waals surface area contributed by atoms with Gasteiger partial charge in [0, 0.05) is 5.69 Å². The number of hydrogen-bond donors (Lipinski definition) is 0. The second kappa shape index (κ2) is 5.72. The van der Waals surface area contributed by atoms with Crippen LogP contribution in [0.1, 0.15) is 27.4 Å². The third kappa shape index (κ3) is 3.04. The minimum atomic E-state index is -0.111. The summed E-state index contributed by atoms with van der Waals surface area (Å²) in [6, 6.07) is 7.29. The molecule has 2 rings (SSSR count). The van der Waals surface area contributed by atoms with E-state index in [9.17, 15) is 4.79 Å². The summed E-state index contributed by atoms with van der Waals surface area (Å²) in [6.07, 6.45) is 1.47. The highest BCUT2D eigenvalue weighted by molar-refractivity contribution is 8.00. The molecular formula is C14H12N2O2S. The molecule has 0 aliphatic rings. The van der Waals surface area contributed by atoms with E-state index in [1.165, 1.54) is 18.0 Å². The molecule has 19 heavy (non-hydrogen) atoms. The second-order valence-electron chi connectivity index (χ2n) is 4.06. The molecule has 2 heterocycles. The molecule has 0 aliphatic carbocycles. The van der Waals surface area contributed by atoms with Gasteiger partial charge in [0.25, 0.3) is 0 Å². The maximum Gasteiger partial charge on any atom is 0.208 e. The molecule has 0 unspecified atom stereocenters. The number of nitriles is 1. The second-order valence-corrected chi connectivity index (χ2v) is 5.03. The van der Waals surface area contributed by atoms with Gasteiger partial charge in [0.05, 0.1) is 17.6 Å². The Kier molecular flexibility index (Phi) is 4.03. The predicted octanol–water partition coefficient (Wildman–Crippen LogP) is 3.14. The fourth-order valence-corrected chi connectivity index (χ4v) is 2.65. The molecule has 96 valence electrons. The Bertz CT molecular complexity index is 642. The largest absolute Gasteiger partial charge is 0.461 e. The smallest absolute Gasteiger partial charge is 0.208 e. The molecule has 2 aromatic heterocycles. The topological polar surface area (TPSA) is 66.9 Å². The van der Waals surface area contributed by atoms with Crippen molar-refractivity contribution in [2.75, 3.05) is 5.75 Å². The summed E-state index contributed by atoms with van der Waals surface area (Å²) >= 11 is 1.26. The number of carbonyl (C=O) groups excluding carboxylic acids is 1. The molecule has 2 aromatic rings. The Morgan fingerprint density at radius 2 is 2.32 bits per heavy atom. The Balaban J connectivity index is 2.16. The minimum Gasteiger partial charge on any atom is -0.461 e. The molecule has 0 fully saturated rings. The van der Waals surface area contributed by atoms with Crippen molar-refractivity contribution >= 4 is 17.5 Å². The standard InChI is InChI=1S/C14H12N2O2S/c1-9-6-10(2)16-14(11(9)7-15)19-8-12(17)13-4-3-5-18-13/h3-6H,8H2,1-2H3. The molecule has 0 bridgehead atoms. The SMILES string of the molecule is Cc1cc(C)c(C#N)c(SCC(=O)c2ccco2)n1. The highest BCUT2D eigenvalue weighted by atomic mass is 32.2. The van der Waals surface area contributed by atoms with Crippen LogP contribution in [0.5, 0.6) is 0 Å². The van der Waals surface area contributed by atoms with Crippen LogP contribution in [-0.2, 0) is 0 Å². The number of rotatable bonds is 4. The Hall–Kier alpha value is -2.06. The summed E-state index contributed by atoms with van der Waals surface area (Å²) in [7, 11) is 0. The third-order valence-corrected chi connectivity index (χ3v) is 3.53. The van der Waals surface area contributed by atoms with E-state index in [0.29, 0.717) is 16.3 Å². The normalized spacial score (nSPS) is 10.2. The zero-order valence-electron chi connectivity index (χ0n) is 10.6. The fourth-order valence-electron chi connectivity index (χ4n) is 1.69. The Morgan fingerprint density at radius 3 is 2.95 bits per heavy atom. The first kappa shape index (κ1) is 13.4. The first-order chi connectivity index (χ1) is 9.11. The van der Waals surface area contributed by atoms with Crippen LogP contribution >= 0.6 is 11.8 Å². The summed E-state index contributed by atoms with van der Waals surface area (Å²) in [6.45, 7) is 3.73. The molecule has 0 saturated carbocycles. The number of furan rings is 1. The molecular weight excluding hydrogens is 260 g/mol. The molecule has 0 radical (unpaired) electrons. The van der Waals surface area contributed by atoms with Crippen LogP contribution in [0.15, 0.2) is 33.9 Å². The summed E-state index contributed by atoms with van der Waals surface area (Å²) in [5.74, 6) is 0.424. The Morgan fingerprint density at radius 1 is 1.53 bits per heavy atom. The van der Waals surface area contributed by atoms with E-state index in [0.717, 1.165) is 11.3 Å². The number of Topliss-reactive ketones (excluding diaryl/α,β-unsaturated/α-hetero) is 1. The highest BCUT2D eigenvalue weighted by Crippen LogP contribution is 2.24. The molecule has 0 amide bonds. The predicted molar refractivity (Wildman–Crippen MR) is 72.2 cm³/mol. The van der Waals surface area contributed by atoms with Crippen LogP contribution < -0.4 is 0 Å². The van der Waals surface area contributed by atoms with Crippen LogP contribution in [0.25, 0.3) is 0 Å². The van der Waals surface area contributed by atoms with Crippen LogP contribution in [0.2, 0.25) is 0 Å². The first-order valence-electron chi connectivity index (χ1n) is 5.69. The van der Waals surface area contributed by atoms with Crippen molar-refractivity contribution in [2.24, 2.45) is 0 Å². The maximum absolute atomic E-state index is 11.8. The number of hydrogen-bond acceptors (Lipinski definition) is 5.